The van der Waals surface area contributed by atoms with Gasteiger partial charge in [0, 0.05) is 24.6 Å². The molecule has 2 nitrogen and oxygen atoms in total. The third-order valence-electron chi connectivity index (χ3n) is 3.32. The van der Waals surface area contributed by atoms with E-state index in [2.05, 4.69) is 25.8 Å². The van der Waals surface area contributed by atoms with Gasteiger partial charge in [0.05, 0.1) is 5.02 Å². The van der Waals surface area contributed by atoms with Crippen LogP contribution in [-0.4, -0.2) is 30.3 Å². The Bertz CT molecular complexity index is 392. The molecule has 0 saturated carbocycles. The van der Waals surface area contributed by atoms with Crippen molar-refractivity contribution < 1.29 is 4.79 Å². The summed E-state index contributed by atoms with van der Waals surface area (Å²) < 4.78 is 0. The third kappa shape index (κ3) is 4.43. The Kier molecular flexibility index (Phi) is 6.37. The Hall–Kier alpha value is -0.860. The highest BCUT2D eigenvalue weighted by Crippen LogP contribution is 2.17. The van der Waals surface area contributed by atoms with Crippen molar-refractivity contribution in [3.05, 3.63) is 34.9 Å². The number of halogens is 1. The van der Waals surface area contributed by atoms with E-state index in [-0.39, 0.29) is 5.78 Å². The van der Waals surface area contributed by atoms with Crippen molar-refractivity contribution in [2.24, 2.45) is 0 Å². The molecule has 3 heteroatoms. The van der Waals surface area contributed by atoms with E-state index >= 15 is 0 Å². The van der Waals surface area contributed by atoms with Crippen LogP contribution in [0.1, 0.15) is 43.5 Å². The standard InChI is InChI=1S/C15H22ClNO/c1-4-7-12(2)17(3)11-10-15(18)13-8-5-6-9-14(13)16/h5-6,8-9,12H,4,7,10-11H2,1-3H3. The SMILES string of the molecule is CCCC(C)N(C)CCC(=O)c1ccccc1Cl. The largest absolute Gasteiger partial charge is 0.303 e. The molecule has 0 aliphatic rings. The van der Waals surface area contributed by atoms with Crippen LogP contribution in [0.15, 0.2) is 24.3 Å². The lowest BCUT2D eigenvalue weighted by molar-refractivity contribution is 0.0961. The van der Waals surface area contributed by atoms with Gasteiger partial charge in [-0.15, -0.1) is 0 Å². The maximum Gasteiger partial charge on any atom is 0.165 e. The number of Topliss-reactive ketones (excluding diaryl/α,β-unsaturated/α-hetero) is 1. The van der Waals surface area contributed by atoms with Crippen molar-refractivity contribution in [3.8, 4) is 0 Å². The zero-order valence-electron chi connectivity index (χ0n) is 11.4. The van der Waals surface area contributed by atoms with Gasteiger partial charge in [-0.1, -0.05) is 37.1 Å². The molecule has 0 radical (unpaired) electrons. The second-order valence-corrected chi connectivity index (χ2v) is 5.18. The molecule has 0 spiro atoms. The molecule has 0 saturated heterocycles. The second kappa shape index (κ2) is 7.55. The lowest BCUT2D eigenvalue weighted by Crippen LogP contribution is -2.31. The maximum absolute atomic E-state index is 12.0. The van der Waals surface area contributed by atoms with E-state index in [1.165, 1.54) is 6.42 Å². The van der Waals surface area contributed by atoms with Crippen molar-refractivity contribution in [2.75, 3.05) is 13.6 Å². The van der Waals surface area contributed by atoms with Gasteiger partial charge in [-0.05, 0) is 32.5 Å². The number of hydrogen-bond acceptors (Lipinski definition) is 2. The number of ketones is 1. The Morgan fingerprint density at radius 2 is 2.06 bits per heavy atom. The van der Waals surface area contributed by atoms with E-state index < -0.39 is 0 Å². The van der Waals surface area contributed by atoms with Gasteiger partial charge in [0.1, 0.15) is 0 Å². The number of benzene rings is 1. The molecule has 1 atom stereocenters. The van der Waals surface area contributed by atoms with Crippen molar-refractivity contribution in [1.29, 1.82) is 0 Å². The molecule has 0 amide bonds. The Balaban J connectivity index is 2.49. The van der Waals surface area contributed by atoms with E-state index in [9.17, 15) is 4.79 Å². The summed E-state index contributed by atoms with van der Waals surface area (Å²) in [6.45, 7) is 5.16. The van der Waals surface area contributed by atoms with Gasteiger partial charge in [-0.3, -0.25) is 4.79 Å². The van der Waals surface area contributed by atoms with E-state index in [4.69, 9.17) is 11.6 Å². The number of rotatable bonds is 7. The Morgan fingerprint density at radius 1 is 1.39 bits per heavy atom. The first-order valence-electron chi connectivity index (χ1n) is 6.54. The van der Waals surface area contributed by atoms with Crippen LogP contribution in [0.3, 0.4) is 0 Å². The third-order valence-corrected chi connectivity index (χ3v) is 3.65. The average molecular weight is 268 g/mol. The minimum Gasteiger partial charge on any atom is -0.303 e. The molecule has 18 heavy (non-hydrogen) atoms. The Labute approximate surface area is 115 Å². The predicted molar refractivity (Wildman–Crippen MR) is 77.4 cm³/mol. The molecular formula is C15H22ClNO. The van der Waals surface area contributed by atoms with Gasteiger partial charge >= 0.3 is 0 Å². The molecule has 0 N–H and O–H groups in total. The molecule has 1 unspecified atom stereocenters. The molecule has 1 aromatic rings. The topological polar surface area (TPSA) is 20.3 Å². The van der Waals surface area contributed by atoms with Crippen LogP contribution in [0.4, 0.5) is 0 Å². The highest BCUT2D eigenvalue weighted by Gasteiger charge is 2.13. The van der Waals surface area contributed by atoms with Crippen LogP contribution in [0.2, 0.25) is 5.02 Å². The van der Waals surface area contributed by atoms with Crippen molar-refractivity contribution in [3.63, 3.8) is 0 Å². The van der Waals surface area contributed by atoms with Gasteiger partial charge in [0.15, 0.2) is 5.78 Å². The van der Waals surface area contributed by atoms with E-state index in [0.717, 1.165) is 13.0 Å². The number of carbonyl (C=O) groups excluding carboxylic acids is 1. The molecule has 1 aromatic carbocycles. The van der Waals surface area contributed by atoms with Crippen molar-refractivity contribution in [2.45, 2.75) is 39.2 Å². The molecule has 100 valence electrons. The molecule has 0 aliphatic carbocycles. The number of nitrogens with zero attached hydrogens (tertiary/aromatic N) is 1. The summed E-state index contributed by atoms with van der Waals surface area (Å²) in [4.78, 5) is 14.3. The molecule has 0 heterocycles. The molecule has 0 aliphatic heterocycles. The molecule has 1 rings (SSSR count). The maximum atomic E-state index is 12.0. The van der Waals surface area contributed by atoms with Gasteiger partial charge in [-0.2, -0.15) is 0 Å². The normalized spacial score (nSPS) is 12.7. The summed E-state index contributed by atoms with van der Waals surface area (Å²) in [5.74, 6) is 0.121. The quantitative estimate of drug-likeness (QED) is 0.695. The fourth-order valence-corrected chi connectivity index (χ4v) is 2.20. The van der Waals surface area contributed by atoms with Crippen molar-refractivity contribution in [1.82, 2.24) is 4.90 Å². The fourth-order valence-electron chi connectivity index (χ4n) is 1.96. The lowest BCUT2D eigenvalue weighted by Gasteiger charge is -2.23. The molecular weight excluding hydrogens is 246 g/mol. The molecule has 0 aromatic heterocycles. The van der Waals surface area contributed by atoms with E-state index in [1.807, 2.05) is 12.1 Å². The minimum absolute atomic E-state index is 0.121. The zero-order valence-corrected chi connectivity index (χ0v) is 12.2. The van der Waals surface area contributed by atoms with Crippen LogP contribution in [0, 0.1) is 0 Å². The molecule has 0 bridgehead atoms. The minimum atomic E-state index is 0.121. The first kappa shape index (κ1) is 15.2. The van der Waals surface area contributed by atoms with Crippen LogP contribution in [0.5, 0.6) is 0 Å². The van der Waals surface area contributed by atoms with Gasteiger partial charge < -0.3 is 4.90 Å². The smallest absolute Gasteiger partial charge is 0.165 e. The molecule has 0 fully saturated rings. The summed E-state index contributed by atoms with van der Waals surface area (Å²) in [5.41, 5.74) is 0.635. The Morgan fingerprint density at radius 3 is 2.67 bits per heavy atom. The van der Waals surface area contributed by atoms with Crippen LogP contribution in [0.25, 0.3) is 0 Å². The predicted octanol–water partition coefficient (Wildman–Crippen LogP) is 4.03. The van der Waals surface area contributed by atoms with Gasteiger partial charge in [-0.25, -0.2) is 0 Å². The average Bonchev–Trinajstić information content (AvgIpc) is 2.36. The van der Waals surface area contributed by atoms with E-state index in [1.54, 1.807) is 12.1 Å². The first-order valence-corrected chi connectivity index (χ1v) is 6.92. The summed E-state index contributed by atoms with van der Waals surface area (Å²) >= 11 is 6.01. The van der Waals surface area contributed by atoms with Crippen LogP contribution < -0.4 is 0 Å². The highest BCUT2D eigenvalue weighted by molar-refractivity contribution is 6.33. The monoisotopic (exact) mass is 267 g/mol. The van der Waals surface area contributed by atoms with E-state index in [0.29, 0.717) is 23.0 Å². The van der Waals surface area contributed by atoms with Crippen LogP contribution >= 0.6 is 11.6 Å². The number of carbonyl (C=O) groups is 1. The first-order chi connectivity index (χ1) is 8.56. The number of hydrogen-bond donors (Lipinski definition) is 0. The summed E-state index contributed by atoms with van der Waals surface area (Å²) in [5, 5.41) is 0.548. The zero-order chi connectivity index (χ0) is 13.5. The fraction of sp³-hybridized carbons (Fsp3) is 0.533. The second-order valence-electron chi connectivity index (χ2n) is 4.77. The highest BCUT2D eigenvalue weighted by atomic mass is 35.5. The summed E-state index contributed by atoms with van der Waals surface area (Å²) in [6.07, 6.45) is 2.86. The summed E-state index contributed by atoms with van der Waals surface area (Å²) in [7, 11) is 2.07. The van der Waals surface area contributed by atoms with Gasteiger partial charge in [0.2, 0.25) is 0 Å². The summed E-state index contributed by atoms with van der Waals surface area (Å²) in [6, 6.07) is 7.77. The lowest BCUT2D eigenvalue weighted by atomic mass is 10.1. The van der Waals surface area contributed by atoms with Crippen LogP contribution in [-0.2, 0) is 0 Å². The van der Waals surface area contributed by atoms with Crippen molar-refractivity contribution >= 4 is 17.4 Å². The van der Waals surface area contributed by atoms with Gasteiger partial charge in [0.25, 0.3) is 0 Å².